The Balaban J connectivity index is 0.746. The van der Waals surface area contributed by atoms with Gasteiger partial charge < -0.3 is 20.0 Å². The van der Waals surface area contributed by atoms with Crippen LogP contribution < -0.4 is 10.6 Å². The van der Waals surface area contributed by atoms with Gasteiger partial charge in [-0.2, -0.15) is 0 Å². The van der Waals surface area contributed by atoms with Crippen LogP contribution in [0.3, 0.4) is 0 Å². The van der Waals surface area contributed by atoms with E-state index in [9.17, 15) is 24.0 Å². The molecule has 3 saturated heterocycles. The predicted molar refractivity (Wildman–Crippen MR) is 228 cm³/mol. The lowest BCUT2D eigenvalue weighted by molar-refractivity contribution is -0.143. The summed E-state index contributed by atoms with van der Waals surface area (Å²) >= 11 is 6.62. The highest BCUT2D eigenvalue weighted by Crippen LogP contribution is 2.36. The number of amides is 5. The largest absolute Gasteiger partial charge is 0.351 e. The molecule has 3 atom stereocenters. The Hall–Kier alpha value is -5.62. The van der Waals surface area contributed by atoms with E-state index in [4.69, 9.17) is 16.6 Å². The van der Waals surface area contributed by atoms with Crippen LogP contribution in [0.5, 0.6) is 0 Å². The van der Waals surface area contributed by atoms with Gasteiger partial charge in [-0.15, -0.1) is 0 Å². The fourth-order valence-corrected chi connectivity index (χ4v) is 10.2. The van der Waals surface area contributed by atoms with E-state index in [2.05, 4.69) is 45.9 Å². The number of halogens is 1. The minimum atomic E-state index is -0.631. The number of carbonyl (C=O) groups excluding carboxylic acids is 5. The first-order valence-corrected chi connectivity index (χ1v) is 21.9. The van der Waals surface area contributed by atoms with Crippen molar-refractivity contribution in [2.45, 2.75) is 88.8 Å². The van der Waals surface area contributed by atoms with Gasteiger partial charge in [0.15, 0.2) is 0 Å². The maximum Gasteiger partial charge on any atom is 0.255 e. The summed E-state index contributed by atoms with van der Waals surface area (Å²) in [5.74, 6) is 0.108. The normalized spacial score (nSPS) is 22.7. The molecule has 0 spiro atoms. The van der Waals surface area contributed by atoms with Gasteiger partial charge in [0.25, 0.3) is 5.91 Å². The summed E-state index contributed by atoms with van der Waals surface area (Å²) < 4.78 is 0. The molecule has 13 heteroatoms. The van der Waals surface area contributed by atoms with Crippen LogP contribution in [0.15, 0.2) is 79.0 Å². The quantitative estimate of drug-likeness (QED) is 0.184. The van der Waals surface area contributed by atoms with Crippen LogP contribution in [-0.4, -0.2) is 92.5 Å². The van der Waals surface area contributed by atoms with Crippen molar-refractivity contribution < 1.29 is 24.0 Å². The van der Waals surface area contributed by atoms with Crippen LogP contribution in [-0.2, 0) is 25.7 Å². The van der Waals surface area contributed by atoms with E-state index in [0.29, 0.717) is 80.6 Å². The van der Waals surface area contributed by atoms with Gasteiger partial charge in [-0.05, 0) is 91.7 Å². The minimum Gasteiger partial charge on any atom is -0.351 e. The van der Waals surface area contributed by atoms with Gasteiger partial charge in [0, 0.05) is 68.1 Å². The number of imide groups is 1. The molecule has 3 aromatic carbocycles. The van der Waals surface area contributed by atoms with Crippen LogP contribution in [0.1, 0.15) is 91.6 Å². The Kier molecular flexibility index (Phi) is 11.4. The Bertz CT molecular complexity index is 2310. The topological polar surface area (TPSA) is 145 Å². The number of nitrogens with zero attached hydrogens (tertiary/aromatic N) is 5. The van der Waals surface area contributed by atoms with Gasteiger partial charge in [-0.3, -0.25) is 29.3 Å². The van der Waals surface area contributed by atoms with Gasteiger partial charge >= 0.3 is 0 Å². The van der Waals surface area contributed by atoms with Gasteiger partial charge in [0.2, 0.25) is 29.6 Å². The molecule has 1 aliphatic carbocycles. The van der Waals surface area contributed by atoms with Crippen LogP contribution in [0, 0.1) is 11.8 Å². The smallest absolute Gasteiger partial charge is 0.255 e. The third-order valence-electron chi connectivity index (χ3n) is 13.3. The van der Waals surface area contributed by atoms with Crippen molar-refractivity contribution in [3.8, 4) is 22.4 Å². The molecule has 4 aromatic rings. The van der Waals surface area contributed by atoms with E-state index in [1.807, 2.05) is 52.3 Å². The van der Waals surface area contributed by atoms with E-state index >= 15 is 0 Å². The number of nitrogens with one attached hydrogen (secondary N) is 2. The minimum absolute atomic E-state index is 0.0613. The molecule has 4 aliphatic heterocycles. The highest BCUT2D eigenvalue weighted by atomic mass is 35.5. The summed E-state index contributed by atoms with van der Waals surface area (Å²) in [5, 5.41) is 6.35. The summed E-state index contributed by atoms with van der Waals surface area (Å²) in [4.78, 5) is 79.8. The maximum absolute atomic E-state index is 13.8. The molecule has 3 unspecified atom stereocenters. The van der Waals surface area contributed by atoms with E-state index in [1.54, 1.807) is 11.1 Å². The number of rotatable bonds is 8. The summed E-state index contributed by atoms with van der Waals surface area (Å²) in [5.41, 5.74) is 6.45. The van der Waals surface area contributed by atoms with Crippen LogP contribution in [0.25, 0.3) is 22.4 Å². The molecule has 0 bridgehead atoms. The van der Waals surface area contributed by atoms with Crippen molar-refractivity contribution in [2.75, 3.05) is 31.5 Å². The predicted octanol–water partition coefficient (Wildman–Crippen LogP) is 6.84. The second-order valence-corrected chi connectivity index (χ2v) is 17.5. The number of carbonyl (C=O) groups is 5. The zero-order valence-corrected chi connectivity index (χ0v) is 34.4. The van der Waals surface area contributed by atoms with Gasteiger partial charge in [0.1, 0.15) is 6.04 Å². The zero-order valence-electron chi connectivity index (χ0n) is 33.7. The number of likely N-dealkylation sites (tertiary alicyclic amines) is 2. The van der Waals surface area contributed by atoms with Crippen LogP contribution >= 0.6 is 11.6 Å². The van der Waals surface area contributed by atoms with Crippen LogP contribution in [0.2, 0.25) is 5.02 Å². The van der Waals surface area contributed by atoms with E-state index in [1.165, 1.54) is 0 Å². The monoisotopic (exact) mass is 827 g/mol. The molecule has 5 aliphatic rings. The molecule has 1 saturated carbocycles. The Morgan fingerprint density at radius 1 is 0.750 bits per heavy atom. The number of benzene rings is 3. The lowest BCUT2D eigenvalue weighted by Crippen LogP contribution is -2.52. The third kappa shape index (κ3) is 8.26. The average Bonchev–Trinajstić information content (AvgIpc) is 3.61. The zero-order chi connectivity index (χ0) is 41.3. The van der Waals surface area contributed by atoms with Crippen molar-refractivity contribution in [3.05, 3.63) is 101 Å². The summed E-state index contributed by atoms with van der Waals surface area (Å²) in [7, 11) is 0. The third-order valence-corrected chi connectivity index (χ3v) is 13.6. The second-order valence-electron chi connectivity index (χ2n) is 17.1. The summed E-state index contributed by atoms with van der Waals surface area (Å²) in [6, 6.07) is 23.8. The molecule has 5 heterocycles. The van der Waals surface area contributed by atoms with Crippen molar-refractivity contribution in [2.24, 2.45) is 11.8 Å². The molecular weight excluding hydrogens is 778 g/mol. The lowest BCUT2D eigenvalue weighted by atomic mass is 9.84. The molecule has 5 amide bonds. The molecule has 9 rings (SSSR count). The van der Waals surface area contributed by atoms with E-state index in [-0.39, 0.29) is 53.8 Å². The fourth-order valence-electron chi connectivity index (χ4n) is 9.99. The van der Waals surface area contributed by atoms with E-state index < -0.39 is 11.9 Å². The molecular formula is C47H50ClN7O5. The molecule has 12 nitrogen and oxygen atoms in total. The Morgan fingerprint density at radius 2 is 1.47 bits per heavy atom. The number of fused-ring (bicyclic) bond motifs is 1. The summed E-state index contributed by atoms with van der Waals surface area (Å²) in [6.07, 6.45) is 8.66. The standard InChI is InChI=1S/C47H50ClN7O5/c48-39-27-49-47(52-42(39)34-9-4-8-32(24-34)29-6-2-1-3-7-29)50-37-11-5-10-35(26-37)45(59)54-22-18-31(19-23-54)44(58)53-20-16-30(17-21-53)33-12-13-38-36(25-33)28-55(46(38)60)40-14-15-41(56)51-43(40)57/h1-4,6-9,12-13,24-25,27,30-31,35,37,40H,5,10-11,14-23,26,28H2,(H,49,50,52)(H,51,56,57). The number of hydrogen-bond acceptors (Lipinski definition) is 8. The number of piperidine rings is 3. The molecule has 4 fully saturated rings. The Labute approximate surface area is 355 Å². The highest BCUT2D eigenvalue weighted by Gasteiger charge is 2.40. The first kappa shape index (κ1) is 39.8. The Morgan fingerprint density at radius 3 is 2.23 bits per heavy atom. The van der Waals surface area contributed by atoms with Crippen molar-refractivity contribution >= 4 is 47.1 Å². The number of anilines is 1. The highest BCUT2D eigenvalue weighted by molar-refractivity contribution is 6.33. The molecule has 1 aromatic heterocycles. The first-order chi connectivity index (χ1) is 29.2. The second kappa shape index (κ2) is 17.2. The molecule has 60 heavy (non-hydrogen) atoms. The maximum atomic E-state index is 13.8. The molecule has 2 N–H and O–H groups in total. The fraction of sp³-hybridized carbons (Fsp3) is 0.426. The first-order valence-electron chi connectivity index (χ1n) is 21.5. The lowest BCUT2D eigenvalue weighted by Gasteiger charge is -2.39. The van der Waals surface area contributed by atoms with Crippen molar-refractivity contribution in [1.82, 2.24) is 30.0 Å². The molecule has 0 radical (unpaired) electrons. The number of hydrogen-bond donors (Lipinski definition) is 2. The van der Waals surface area contributed by atoms with Crippen molar-refractivity contribution in [1.29, 1.82) is 0 Å². The van der Waals surface area contributed by atoms with Crippen LogP contribution in [0.4, 0.5) is 5.95 Å². The van der Waals surface area contributed by atoms with Gasteiger partial charge in [-0.25, -0.2) is 9.97 Å². The van der Waals surface area contributed by atoms with Gasteiger partial charge in [0.05, 0.1) is 16.9 Å². The van der Waals surface area contributed by atoms with Crippen molar-refractivity contribution in [3.63, 3.8) is 0 Å². The SMILES string of the molecule is O=C1CCC(N2Cc3cc(C4CCN(C(=O)C5CCN(C(=O)C6CCCC(Nc7ncc(Cl)c(-c8cccc(-c9ccccc9)c8)n7)C6)CC5)CC4)ccc3C2=O)C(=O)N1. The number of aromatic nitrogens is 2. The van der Waals surface area contributed by atoms with E-state index in [0.717, 1.165) is 59.9 Å². The summed E-state index contributed by atoms with van der Waals surface area (Å²) in [6.45, 7) is 2.90. The average molecular weight is 828 g/mol. The molecule has 310 valence electrons. The van der Waals surface area contributed by atoms with Gasteiger partial charge in [-0.1, -0.05) is 78.7 Å².